The van der Waals surface area contributed by atoms with E-state index in [1.807, 2.05) is 41.3 Å². The molecular formula is C20H19N3O3. The number of aromatic nitrogens is 1. The van der Waals surface area contributed by atoms with E-state index in [1.165, 1.54) is 0 Å². The van der Waals surface area contributed by atoms with Crippen LogP contribution in [0.3, 0.4) is 0 Å². The van der Waals surface area contributed by atoms with Gasteiger partial charge in [-0.05, 0) is 36.4 Å². The van der Waals surface area contributed by atoms with E-state index in [-0.39, 0.29) is 18.2 Å². The number of carbonyl (C=O) groups excluding carboxylic acids is 1. The Balaban J connectivity index is 1.20. The van der Waals surface area contributed by atoms with Crippen LogP contribution in [0.2, 0.25) is 0 Å². The number of likely N-dealkylation sites (tertiary alicyclic amines) is 1. The molecule has 0 aliphatic carbocycles. The Morgan fingerprint density at radius 1 is 1.08 bits per heavy atom. The van der Waals surface area contributed by atoms with Crippen LogP contribution in [-0.4, -0.2) is 41.2 Å². The molecule has 4 heterocycles. The smallest absolute Gasteiger partial charge is 0.321 e. The number of rotatable bonds is 3. The summed E-state index contributed by atoms with van der Waals surface area (Å²) in [5, 5.41) is 2.97. The normalized spacial score (nSPS) is 28.2. The van der Waals surface area contributed by atoms with E-state index in [9.17, 15) is 4.79 Å². The molecule has 0 radical (unpaired) electrons. The monoisotopic (exact) mass is 349 g/mol. The van der Waals surface area contributed by atoms with Crippen LogP contribution in [-0.2, 0) is 4.74 Å². The Morgan fingerprint density at radius 3 is 2.46 bits per heavy atom. The minimum Gasteiger partial charge on any atom is -0.456 e. The van der Waals surface area contributed by atoms with Gasteiger partial charge in [-0.1, -0.05) is 12.2 Å². The van der Waals surface area contributed by atoms with Gasteiger partial charge in [0.25, 0.3) is 0 Å². The third kappa shape index (κ3) is 2.72. The highest BCUT2D eigenvalue weighted by Gasteiger charge is 2.51. The number of benzene rings is 1. The van der Waals surface area contributed by atoms with Gasteiger partial charge in [0, 0.05) is 36.8 Å². The molecule has 5 rings (SSSR count). The lowest BCUT2D eigenvalue weighted by Crippen LogP contribution is -2.35. The van der Waals surface area contributed by atoms with E-state index < -0.39 is 0 Å². The molecule has 1 aromatic carbocycles. The Labute approximate surface area is 151 Å². The molecular weight excluding hydrogens is 330 g/mol. The van der Waals surface area contributed by atoms with Gasteiger partial charge in [-0.25, -0.2) is 4.79 Å². The highest BCUT2D eigenvalue weighted by molar-refractivity contribution is 5.89. The quantitative estimate of drug-likeness (QED) is 0.864. The summed E-state index contributed by atoms with van der Waals surface area (Å²) in [4.78, 5) is 18.5. The third-order valence-corrected chi connectivity index (χ3v) is 5.32. The fourth-order valence-electron chi connectivity index (χ4n) is 4.05. The highest BCUT2D eigenvalue weighted by atomic mass is 16.5. The zero-order valence-corrected chi connectivity index (χ0v) is 14.1. The second-order valence-electron chi connectivity index (χ2n) is 6.93. The van der Waals surface area contributed by atoms with Crippen molar-refractivity contribution in [3.8, 4) is 11.5 Å². The molecule has 2 fully saturated rings. The van der Waals surface area contributed by atoms with Gasteiger partial charge in [0.05, 0.1) is 18.4 Å². The number of nitrogens with zero attached hydrogens (tertiary/aromatic N) is 2. The number of hydrogen-bond donors (Lipinski definition) is 1. The molecule has 0 spiro atoms. The number of nitrogens with one attached hydrogen (secondary N) is 1. The molecule has 1 aromatic heterocycles. The number of hydrogen-bond acceptors (Lipinski definition) is 4. The molecule has 2 amide bonds. The zero-order valence-electron chi connectivity index (χ0n) is 14.1. The molecule has 4 atom stereocenters. The SMILES string of the molecule is O=C(Nc1ccc(Oc2cccnc2)cc1)N1C[C@@H]2[C@H](C1)[C@H]1C=C[C@H]2O1. The summed E-state index contributed by atoms with van der Waals surface area (Å²) in [6.07, 6.45) is 8.00. The lowest BCUT2D eigenvalue weighted by atomic mass is 9.86. The van der Waals surface area contributed by atoms with Crippen molar-refractivity contribution in [2.75, 3.05) is 18.4 Å². The highest BCUT2D eigenvalue weighted by Crippen LogP contribution is 2.43. The lowest BCUT2D eigenvalue weighted by molar-refractivity contribution is 0.0892. The van der Waals surface area contributed by atoms with Crippen molar-refractivity contribution in [1.29, 1.82) is 0 Å². The van der Waals surface area contributed by atoms with Gasteiger partial charge in [0.1, 0.15) is 11.5 Å². The summed E-state index contributed by atoms with van der Waals surface area (Å²) in [5.74, 6) is 2.25. The van der Waals surface area contributed by atoms with Crippen LogP contribution in [0.1, 0.15) is 0 Å². The van der Waals surface area contributed by atoms with Crippen molar-refractivity contribution in [2.45, 2.75) is 12.2 Å². The average molecular weight is 349 g/mol. The van der Waals surface area contributed by atoms with Gasteiger partial charge in [-0.3, -0.25) is 4.98 Å². The molecule has 2 bridgehead atoms. The van der Waals surface area contributed by atoms with Crippen LogP contribution in [0.15, 0.2) is 60.9 Å². The van der Waals surface area contributed by atoms with Crippen LogP contribution >= 0.6 is 0 Å². The van der Waals surface area contributed by atoms with Crippen molar-refractivity contribution < 1.29 is 14.3 Å². The molecule has 2 aromatic rings. The van der Waals surface area contributed by atoms with Crippen molar-refractivity contribution >= 4 is 11.7 Å². The Bertz CT molecular complexity index is 817. The first kappa shape index (κ1) is 15.4. The number of anilines is 1. The average Bonchev–Trinajstić information content (AvgIpc) is 3.37. The minimum atomic E-state index is -0.0558. The molecule has 3 aliphatic rings. The standard InChI is InChI=1S/C20H19N3O3/c24-20(23-11-16-17(12-23)19-8-7-18(16)26-19)22-13-3-5-14(6-4-13)25-15-2-1-9-21-10-15/h1-10,16-19H,11-12H2,(H,22,24)/t16-,17+,18-,19-/m1/s1. The fourth-order valence-corrected chi connectivity index (χ4v) is 4.05. The van der Waals surface area contributed by atoms with E-state index in [0.29, 0.717) is 23.3 Å². The van der Waals surface area contributed by atoms with Crippen LogP contribution < -0.4 is 10.1 Å². The second kappa shape index (κ2) is 6.14. The van der Waals surface area contributed by atoms with E-state index in [1.54, 1.807) is 12.4 Å². The molecule has 3 aliphatic heterocycles. The topological polar surface area (TPSA) is 63.7 Å². The Hall–Kier alpha value is -2.86. The summed E-state index contributed by atoms with van der Waals surface area (Å²) in [5.41, 5.74) is 0.753. The van der Waals surface area contributed by atoms with E-state index in [4.69, 9.17) is 9.47 Å². The van der Waals surface area contributed by atoms with Gasteiger partial charge in [0.15, 0.2) is 0 Å². The molecule has 2 saturated heterocycles. The maximum atomic E-state index is 12.6. The van der Waals surface area contributed by atoms with Gasteiger partial charge >= 0.3 is 6.03 Å². The molecule has 1 N–H and O–H groups in total. The van der Waals surface area contributed by atoms with E-state index in [2.05, 4.69) is 22.5 Å². The number of ether oxygens (including phenoxy) is 2. The molecule has 0 saturated carbocycles. The number of fused-ring (bicyclic) bond motifs is 5. The zero-order chi connectivity index (χ0) is 17.5. The molecule has 6 heteroatoms. The Morgan fingerprint density at radius 2 is 1.81 bits per heavy atom. The first-order valence-corrected chi connectivity index (χ1v) is 8.84. The number of amides is 2. The molecule has 132 valence electrons. The fraction of sp³-hybridized carbons (Fsp3) is 0.300. The lowest BCUT2D eigenvalue weighted by Gasteiger charge is -2.19. The van der Waals surface area contributed by atoms with Gasteiger partial charge in [-0.2, -0.15) is 0 Å². The first-order chi connectivity index (χ1) is 12.8. The van der Waals surface area contributed by atoms with Crippen LogP contribution in [0, 0.1) is 11.8 Å². The van der Waals surface area contributed by atoms with Crippen LogP contribution in [0.4, 0.5) is 10.5 Å². The summed E-state index contributed by atoms with van der Waals surface area (Å²) >= 11 is 0. The van der Waals surface area contributed by atoms with Gasteiger partial charge < -0.3 is 19.7 Å². The summed E-state index contributed by atoms with van der Waals surface area (Å²) in [6.45, 7) is 1.51. The molecule has 26 heavy (non-hydrogen) atoms. The van der Waals surface area contributed by atoms with E-state index in [0.717, 1.165) is 18.8 Å². The number of carbonyl (C=O) groups is 1. The van der Waals surface area contributed by atoms with Crippen LogP contribution in [0.25, 0.3) is 0 Å². The maximum Gasteiger partial charge on any atom is 0.321 e. The van der Waals surface area contributed by atoms with Crippen LogP contribution in [0.5, 0.6) is 11.5 Å². The minimum absolute atomic E-state index is 0.0558. The maximum absolute atomic E-state index is 12.6. The predicted molar refractivity (Wildman–Crippen MR) is 96.1 cm³/mol. The van der Waals surface area contributed by atoms with Crippen molar-refractivity contribution in [3.63, 3.8) is 0 Å². The van der Waals surface area contributed by atoms with Crippen molar-refractivity contribution in [1.82, 2.24) is 9.88 Å². The van der Waals surface area contributed by atoms with Gasteiger partial charge in [0.2, 0.25) is 0 Å². The van der Waals surface area contributed by atoms with Crippen molar-refractivity contribution in [3.05, 3.63) is 60.9 Å². The molecule has 0 unspecified atom stereocenters. The predicted octanol–water partition coefficient (Wildman–Crippen LogP) is 3.29. The summed E-state index contributed by atoms with van der Waals surface area (Å²) in [7, 11) is 0. The largest absolute Gasteiger partial charge is 0.456 e. The summed E-state index contributed by atoms with van der Waals surface area (Å²) in [6, 6.07) is 11.0. The first-order valence-electron chi connectivity index (χ1n) is 8.84. The number of pyridine rings is 1. The van der Waals surface area contributed by atoms with E-state index >= 15 is 0 Å². The van der Waals surface area contributed by atoms with Crippen molar-refractivity contribution in [2.24, 2.45) is 11.8 Å². The molecule has 6 nitrogen and oxygen atoms in total. The van der Waals surface area contributed by atoms with Gasteiger partial charge in [-0.15, -0.1) is 0 Å². The second-order valence-corrected chi connectivity index (χ2v) is 6.93. The summed E-state index contributed by atoms with van der Waals surface area (Å²) < 4.78 is 11.6. The Kier molecular flexibility index (Phi) is 3.64. The number of urea groups is 1. The third-order valence-electron chi connectivity index (χ3n) is 5.32.